The van der Waals surface area contributed by atoms with Crippen molar-refractivity contribution >= 4 is 22.8 Å². The highest BCUT2D eigenvalue weighted by atomic mass is 16.4. The van der Waals surface area contributed by atoms with E-state index in [0.717, 1.165) is 16.5 Å². The Morgan fingerprint density at radius 1 is 1.08 bits per heavy atom. The molecule has 0 fully saturated rings. The number of carbonyl (C=O) groups is 2. The number of carboxylic acids is 1. The molecule has 1 amide bonds. The van der Waals surface area contributed by atoms with E-state index in [9.17, 15) is 14.7 Å². The number of para-hydroxylation sites is 1. The average Bonchev–Trinajstić information content (AvgIpc) is 3.04. The summed E-state index contributed by atoms with van der Waals surface area (Å²) in [6, 6.07) is 14.5. The van der Waals surface area contributed by atoms with Gasteiger partial charge >= 0.3 is 5.97 Å². The topological polar surface area (TPSA) is 108 Å². The molecule has 3 aromatic rings. The van der Waals surface area contributed by atoms with Gasteiger partial charge in [0.1, 0.15) is 12.1 Å². The Balaban J connectivity index is 1.75. The highest BCUT2D eigenvalue weighted by molar-refractivity contribution is 5.89. The van der Waals surface area contributed by atoms with E-state index in [1.54, 1.807) is 30.5 Å². The van der Waals surface area contributed by atoms with E-state index in [1.165, 1.54) is 0 Å². The van der Waals surface area contributed by atoms with Crippen LogP contribution in [0.25, 0.3) is 10.9 Å². The Morgan fingerprint density at radius 2 is 1.76 bits per heavy atom. The second-order valence-electron chi connectivity index (χ2n) is 5.85. The van der Waals surface area contributed by atoms with Crippen LogP contribution in [0, 0.1) is 0 Å². The van der Waals surface area contributed by atoms with Gasteiger partial charge in [0.25, 0.3) is 0 Å². The first-order valence-electron chi connectivity index (χ1n) is 7.95. The third-order valence-electron chi connectivity index (χ3n) is 4.15. The number of aromatic nitrogens is 1. The van der Waals surface area contributed by atoms with Gasteiger partial charge in [-0.15, -0.1) is 0 Å². The van der Waals surface area contributed by atoms with Gasteiger partial charge in [-0.25, -0.2) is 4.79 Å². The van der Waals surface area contributed by atoms with Crippen LogP contribution in [-0.4, -0.2) is 28.0 Å². The molecule has 0 radical (unpaired) electrons. The zero-order chi connectivity index (χ0) is 17.8. The number of carbonyl (C=O) groups excluding carboxylic acids is 1. The Morgan fingerprint density at radius 3 is 2.48 bits per heavy atom. The van der Waals surface area contributed by atoms with Crippen LogP contribution in [-0.2, 0) is 16.0 Å². The molecule has 25 heavy (non-hydrogen) atoms. The highest BCUT2D eigenvalue weighted by Crippen LogP contribution is 2.19. The van der Waals surface area contributed by atoms with Crippen LogP contribution >= 0.6 is 0 Å². The molecule has 0 unspecified atom stereocenters. The van der Waals surface area contributed by atoms with Crippen molar-refractivity contribution in [3.8, 4) is 0 Å². The molecule has 6 nitrogen and oxygen atoms in total. The van der Waals surface area contributed by atoms with Gasteiger partial charge in [-0.05, 0) is 17.2 Å². The molecule has 0 bridgehead atoms. The maximum atomic E-state index is 12.3. The first-order chi connectivity index (χ1) is 12.1. The summed E-state index contributed by atoms with van der Waals surface area (Å²) in [5, 5.41) is 13.0. The van der Waals surface area contributed by atoms with Crippen molar-refractivity contribution in [2.75, 3.05) is 0 Å². The van der Waals surface area contributed by atoms with Gasteiger partial charge < -0.3 is 21.1 Å². The van der Waals surface area contributed by atoms with E-state index in [0.29, 0.717) is 5.56 Å². The molecule has 0 aliphatic heterocycles. The molecule has 5 N–H and O–H groups in total. The Bertz CT molecular complexity index is 889. The molecule has 0 aliphatic rings. The predicted molar refractivity (Wildman–Crippen MR) is 94.9 cm³/mol. The summed E-state index contributed by atoms with van der Waals surface area (Å²) < 4.78 is 0. The van der Waals surface area contributed by atoms with E-state index >= 15 is 0 Å². The SMILES string of the molecule is N[C@H](C(=O)N[C@H](Cc1c[nH]c2ccccc12)C(=O)O)c1ccccc1. The smallest absolute Gasteiger partial charge is 0.326 e. The number of benzene rings is 2. The fourth-order valence-corrected chi connectivity index (χ4v) is 2.79. The second-order valence-corrected chi connectivity index (χ2v) is 5.85. The number of aromatic amines is 1. The maximum Gasteiger partial charge on any atom is 0.326 e. The van der Waals surface area contributed by atoms with Gasteiger partial charge in [-0.3, -0.25) is 4.79 Å². The van der Waals surface area contributed by atoms with Crippen LogP contribution in [0.2, 0.25) is 0 Å². The minimum Gasteiger partial charge on any atom is -0.480 e. The van der Waals surface area contributed by atoms with Crippen LogP contribution < -0.4 is 11.1 Å². The molecule has 3 rings (SSSR count). The molecular weight excluding hydrogens is 318 g/mol. The van der Waals surface area contributed by atoms with Gasteiger partial charge in [0.05, 0.1) is 0 Å². The summed E-state index contributed by atoms with van der Waals surface area (Å²) in [6.07, 6.45) is 1.94. The minimum atomic E-state index is -1.10. The number of hydrogen-bond donors (Lipinski definition) is 4. The van der Waals surface area contributed by atoms with Gasteiger partial charge in [-0.1, -0.05) is 48.5 Å². The Labute approximate surface area is 144 Å². The quantitative estimate of drug-likeness (QED) is 0.551. The van der Waals surface area contributed by atoms with E-state index in [-0.39, 0.29) is 6.42 Å². The number of nitrogens with one attached hydrogen (secondary N) is 2. The van der Waals surface area contributed by atoms with E-state index in [2.05, 4.69) is 10.3 Å². The minimum absolute atomic E-state index is 0.173. The van der Waals surface area contributed by atoms with E-state index in [1.807, 2.05) is 30.3 Å². The number of aliphatic carboxylic acids is 1. The molecule has 0 aliphatic carbocycles. The zero-order valence-corrected chi connectivity index (χ0v) is 13.5. The van der Waals surface area contributed by atoms with Crippen molar-refractivity contribution in [3.05, 3.63) is 71.9 Å². The van der Waals surface area contributed by atoms with Crippen LogP contribution in [0.5, 0.6) is 0 Å². The molecule has 6 heteroatoms. The standard InChI is InChI=1S/C19H19N3O3/c20-17(12-6-2-1-3-7-12)18(23)22-16(19(24)25)10-13-11-21-15-9-5-4-8-14(13)15/h1-9,11,16-17,21H,10,20H2,(H,22,23)(H,24,25)/t16-,17+/m1/s1. The summed E-state index contributed by atoms with van der Waals surface area (Å²) >= 11 is 0. The first kappa shape index (κ1) is 16.7. The number of nitrogens with two attached hydrogens (primary N) is 1. The lowest BCUT2D eigenvalue weighted by Gasteiger charge is -2.18. The predicted octanol–water partition coefficient (Wildman–Crippen LogP) is 1.98. The van der Waals surface area contributed by atoms with Crippen LogP contribution in [0.4, 0.5) is 0 Å². The number of H-pyrrole nitrogens is 1. The lowest BCUT2D eigenvalue weighted by Crippen LogP contribution is -2.46. The Hall–Kier alpha value is -3.12. The molecule has 2 aromatic carbocycles. The maximum absolute atomic E-state index is 12.3. The van der Waals surface area contributed by atoms with E-state index in [4.69, 9.17) is 5.73 Å². The van der Waals surface area contributed by atoms with Crippen LogP contribution in [0.15, 0.2) is 60.8 Å². The van der Waals surface area contributed by atoms with Crippen molar-refractivity contribution in [2.45, 2.75) is 18.5 Å². The summed E-state index contributed by atoms with van der Waals surface area (Å²) in [6.45, 7) is 0. The third kappa shape index (κ3) is 3.70. The summed E-state index contributed by atoms with van der Waals surface area (Å²) in [5.41, 5.74) is 8.33. The molecule has 0 saturated carbocycles. The van der Waals surface area contributed by atoms with Crippen molar-refractivity contribution in [1.82, 2.24) is 10.3 Å². The number of rotatable bonds is 6. The molecule has 1 aromatic heterocycles. The normalized spacial score (nSPS) is 13.3. The number of fused-ring (bicyclic) bond motifs is 1. The van der Waals surface area contributed by atoms with Gasteiger partial charge in [0, 0.05) is 23.5 Å². The lowest BCUT2D eigenvalue weighted by molar-refractivity contribution is -0.142. The molecule has 128 valence electrons. The zero-order valence-electron chi connectivity index (χ0n) is 13.5. The largest absolute Gasteiger partial charge is 0.480 e. The first-order valence-corrected chi connectivity index (χ1v) is 7.95. The van der Waals surface area contributed by atoms with Crippen molar-refractivity contribution in [1.29, 1.82) is 0 Å². The second kappa shape index (κ2) is 7.19. The monoisotopic (exact) mass is 337 g/mol. The molecule has 2 atom stereocenters. The van der Waals surface area contributed by atoms with Crippen molar-refractivity contribution < 1.29 is 14.7 Å². The van der Waals surface area contributed by atoms with Gasteiger partial charge in [0.2, 0.25) is 5.91 Å². The molecular formula is C19H19N3O3. The van der Waals surface area contributed by atoms with Gasteiger partial charge in [0.15, 0.2) is 0 Å². The van der Waals surface area contributed by atoms with Crippen LogP contribution in [0.1, 0.15) is 17.2 Å². The summed E-state index contributed by atoms with van der Waals surface area (Å²) in [7, 11) is 0. The lowest BCUT2D eigenvalue weighted by atomic mass is 10.0. The van der Waals surface area contributed by atoms with Crippen molar-refractivity contribution in [3.63, 3.8) is 0 Å². The summed E-state index contributed by atoms with van der Waals surface area (Å²) in [5.74, 6) is -1.61. The number of carboxylic acid groups (broad SMARTS) is 1. The fraction of sp³-hybridized carbons (Fsp3) is 0.158. The average molecular weight is 337 g/mol. The van der Waals surface area contributed by atoms with Gasteiger partial charge in [-0.2, -0.15) is 0 Å². The highest BCUT2D eigenvalue weighted by Gasteiger charge is 2.25. The molecule has 0 saturated heterocycles. The molecule has 0 spiro atoms. The number of hydrogen-bond acceptors (Lipinski definition) is 3. The Kier molecular flexibility index (Phi) is 4.81. The number of amides is 1. The van der Waals surface area contributed by atoms with Crippen LogP contribution in [0.3, 0.4) is 0 Å². The van der Waals surface area contributed by atoms with E-state index < -0.39 is 24.0 Å². The fourth-order valence-electron chi connectivity index (χ4n) is 2.79. The molecule has 1 heterocycles. The van der Waals surface area contributed by atoms with Crippen molar-refractivity contribution in [2.24, 2.45) is 5.73 Å². The summed E-state index contributed by atoms with van der Waals surface area (Å²) in [4.78, 5) is 27.0. The third-order valence-corrected chi connectivity index (χ3v) is 4.15.